The Morgan fingerprint density at radius 2 is 2.12 bits per heavy atom. The van der Waals surface area contributed by atoms with E-state index in [-0.39, 0.29) is 0 Å². The molecule has 0 spiro atoms. The lowest BCUT2D eigenvalue weighted by atomic mass is 10.1. The first kappa shape index (κ1) is 7.96. The molecule has 0 aromatic rings. The molecule has 0 aromatic heterocycles. The molecule has 0 bridgehead atoms. The second kappa shape index (κ2) is 5.10. The Bertz CT molecular complexity index is 41.7. The van der Waals surface area contributed by atoms with Crippen molar-refractivity contribution in [2.24, 2.45) is 5.92 Å². The second-order valence-electron chi connectivity index (χ2n) is 2.25. The van der Waals surface area contributed by atoms with Crippen LogP contribution in [0.4, 0.5) is 0 Å². The second-order valence-corrected chi connectivity index (χ2v) is 2.25. The predicted molar refractivity (Wildman–Crippen MR) is 35.4 cm³/mol. The molecule has 0 rings (SSSR count). The standard InChI is InChI=1S/C7H15O/c1-4-8-6-5-7(2)3/h6-7H,4-5H2,1-3H3. The van der Waals surface area contributed by atoms with Crippen LogP contribution < -0.4 is 0 Å². The van der Waals surface area contributed by atoms with Gasteiger partial charge in [0.25, 0.3) is 0 Å². The lowest BCUT2D eigenvalue weighted by Crippen LogP contribution is -1.91. The summed E-state index contributed by atoms with van der Waals surface area (Å²) in [6, 6.07) is 0. The van der Waals surface area contributed by atoms with E-state index in [4.69, 9.17) is 4.74 Å². The van der Waals surface area contributed by atoms with E-state index < -0.39 is 0 Å². The SMILES string of the molecule is CCO[CH]CC(C)C. The van der Waals surface area contributed by atoms with Crippen LogP contribution in [0, 0.1) is 12.5 Å². The summed E-state index contributed by atoms with van der Waals surface area (Å²) in [4.78, 5) is 0. The fourth-order valence-electron chi connectivity index (χ4n) is 0.378. The minimum Gasteiger partial charge on any atom is -0.376 e. The van der Waals surface area contributed by atoms with E-state index in [9.17, 15) is 0 Å². The first-order valence-electron chi connectivity index (χ1n) is 3.20. The van der Waals surface area contributed by atoms with E-state index in [0.29, 0.717) is 0 Å². The van der Waals surface area contributed by atoms with Gasteiger partial charge in [-0.05, 0) is 19.3 Å². The monoisotopic (exact) mass is 115 g/mol. The van der Waals surface area contributed by atoms with Crippen LogP contribution in [-0.4, -0.2) is 6.61 Å². The van der Waals surface area contributed by atoms with Gasteiger partial charge in [-0.3, -0.25) is 0 Å². The average Bonchev–Trinajstić information content (AvgIpc) is 1.66. The molecule has 0 saturated heterocycles. The molecule has 0 amide bonds. The zero-order valence-electron chi connectivity index (χ0n) is 5.98. The van der Waals surface area contributed by atoms with Gasteiger partial charge in [-0.1, -0.05) is 13.8 Å². The van der Waals surface area contributed by atoms with Gasteiger partial charge < -0.3 is 4.74 Å². The van der Waals surface area contributed by atoms with Gasteiger partial charge in [-0.2, -0.15) is 0 Å². The van der Waals surface area contributed by atoms with Gasteiger partial charge >= 0.3 is 0 Å². The minimum absolute atomic E-state index is 0.724. The van der Waals surface area contributed by atoms with Gasteiger partial charge in [-0.15, -0.1) is 0 Å². The Hall–Kier alpha value is -0.0400. The Labute approximate surface area is 52.0 Å². The van der Waals surface area contributed by atoms with Gasteiger partial charge in [0.1, 0.15) is 0 Å². The third kappa shape index (κ3) is 5.96. The van der Waals surface area contributed by atoms with Crippen LogP contribution in [0.2, 0.25) is 0 Å². The van der Waals surface area contributed by atoms with Crippen molar-refractivity contribution >= 4 is 0 Å². The lowest BCUT2D eigenvalue weighted by Gasteiger charge is -2.01. The van der Waals surface area contributed by atoms with Gasteiger partial charge in [0.05, 0.1) is 6.61 Å². The highest BCUT2D eigenvalue weighted by Gasteiger charge is 1.91. The van der Waals surface area contributed by atoms with Crippen molar-refractivity contribution < 1.29 is 4.74 Å². The summed E-state index contributed by atoms with van der Waals surface area (Å²) in [5, 5.41) is 0. The van der Waals surface area contributed by atoms with Crippen LogP contribution in [0.5, 0.6) is 0 Å². The Morgan fingerprint density at radius 3 is 2.50 bits per heavy atom. The molecule has 1 radical (unpaired) electrons. The van der Waals surface area contributed by atoms with Crippen molar-refractivity contribution in [1.82, 2.24) is 0 Å². The molecule has 49 valence electrons. The van der Waals surface area contributed by atoms with Crippen LogP contribution >= 0.6 is 0 Å². The fraction of sp³-hybridized carbons (Fsp3) is 0.857. The van der Waals surface area contributed by atoms with Crippen LogP contribution in [0.15, 0.2) is 0 Å². The minimum atomic E-state index is 0.724. The molecule has 0 aliphatic carbocycles. The molecule has 0 aromatic carbocycles. The number of ether oxygens (including phenoxy) is 1. The number of hydrogen-bond donors (Lipinski definition) is 0. The first-order valence-corrected chi connectivity index (χ1v) is 3.20. The quantitative estimate of drug-likeness (QED) is 0.510. The van der Waals surface area contributed by atoms with E-state index >= 15 is 0 Å². The summed E-state index contributed by atoms with van der Waals surface area (Å²) in [5.74, 6) is 0.724. The van der Waals surface area contributed by atoms with E-state index in [1.165, 1.54) is 0 Å². The molecular formula is C7H15O. The normalized spacial score (nSPS) is 10.5. The number of rotatable bonds is 4. The van der Waals surface area contributed by atoms with Crippen molar-refractivity contribution in [3.63, 3.8) is 0 Å². The van der Waals surface area contributed by atoms with Gasteiger partial charge in [0, 0.05) is 6.61 Å². The molecular weight excluding hydrogens is 100 g/mol. The molecule has 8 heavy (non-hydrogen) atoms. The highest BCUT2D eigenvalue weighted by molar-refractivity contribution is 4.53. The summed E-state index contributed by atoms with van der Waals surface area (Å²) >= 11 is 0. The van der Waals surface area contributed by atoms with E-state index in [1.54, 1.807) is 0 Å². The predicted octanol–water partition coefficient (Wildman–Crippen LogP) is 2.23. The molecule has 0 unspecified atom stereocenters. The molecule has 0 saturated carbocycles. The van der Waals surface area contributed by atoms with Crippen molar-refractivity contribution in [3.8, 4) is 0 Å². The average molecular weight is 115 g/mol. The smallest absolute Gasteiger partial charge is 0.0839 e. The summed E-state index contributed by atoms with van der Waals surface area (Å²) in [5.41, 5.74) is 0. The summed E-state index contributed by atoms with van der Waals surface area (Å²) in [6.45, 7) is 9.03. The van der Waals surface area contributed by atoms with Gasteiger partial charge in [0.2, 0.25) is 0 Å². The van der Waals surface area contributed by atoms with Crippen molar-refractivity contribution in [2.75, 3.05) is 6.61 Å². The summed E-state index contributed by atoms with van der Waals surface area (Å²) in [6.07, 6.45) is 1.06. The zero-order valence-corrected chi connectivity index (χ0v) is 5.98. The number of hydrogen-bond acceptors (Lipinski definition) is 1. The highest BCUT2D eigenvalue weighted by Crippen LogP contribution is 2.01. The Morgan fingerprint density at radius 1 is 1.50 bits per heavy atom. The maximum atomic E-state index is 5.02. The van der Waals surface area contributed by atoms with Crippen molar-refractivity contribution in [1.29, 1.82) is 0 Å². The van der Waals surface area contributed by atoms with Crippen LogP contribution in [-0.2, 0) is 4.74 Å². The van der Waals surface area contributed by atoms with Crippen LogP contribution in [0.1, 0.15) is 27.2 Å². The first-order chi connectivity index (χ1) is 3.77. The maximum absolute atomic E-state index is 5.02. The van der Waals surface area contributed by atoms with Gasteiger partial charge in [-0.25, -0.2) is 0 Å². The Kier molecular flexibility index (Phi) is 5.08. The molecule has 0 atom stereocenters. The van der Waals surface area contributed by atoms with Crippen LogP contribution in [0.3, 0.4) is 0 Å². The van der Waals surface area contributed by atoms with E-state index in [1.807, 2.05) is 13.5 Å². The van der Waals surface area contributed by atoms with E-state index in [0.717, 1.165) is 18.9 Å². The molecule has 1 nitrogen and oxygen atoms in total. The molecule has 0 fully saturated rings. The largest absolute Gasteiger partial charge is 0.376 e. The molecule has 1 heteroatoms. The molecule has 0 N–H and O–H groups in total. The lowest BCUT2D eigenvalue weighted by molar-refractivity contribution is 0.199. The van der Waals surface area contributed by atoms with E-state index in [2.05, 4.69) is 13.8 Å². The maximum Gasteiger partial charge on any atom is 0.0839 e. The van der Waals surface area contributed by atoms with Gasteiger partial charge in [0.15, 0.2) is 0 Å². The molecule has 0 aliphatic rings. The van der Waals surface area contributed by atoms with Crippen molar-refractivity contribution in [2.45, 2.75) is 27.2 Å². The summed E-state index contributed by atoms with van der Waals surface area (Å²) in [7, 11) is 0. The topological polar surface area (TPSA) is 9.23 Å². The third-order valence-corrected chi connectivity index (χ3v) is 0.852. The third-order valence-electron chi connectivity index (χ3n) is 0.852. The van der Waals surface area contributed by atoms with Crippen molar-refractivity contribution in [3.05, 3.63) is 6.61 Å². The molecule has 0 heterocycles. The highest BCUT2D eigenvalue weighted by atomic mass is 16.5. The van der Waals surface area contributed by atoms with Crippen LogP contribution in [0.25, 0.3) is 0 Å². The molecule has 0 aliphatic heterocycles. The zero-order chi connectivity index (χ0) is 6.41. The Balaban J connectivity index is 2.72. The summed E-state index contributed by atoms with van der Waals surface area (Å²) < 4.78 is 5.02. The fourth-order valence-corrected chi connectivity index (χ4v) is 0.378.